The topological polar surface area (TPSA) is 21.3 Å². The maximum absolute atomic E-state index is 5.44. The average molecular weight is 317 g/mol. The van der Waals surface area contributed by atoms with Crippen molar-refractivity contribution in [1.29, 1.82) is 0 Å². The molecule has 1 aliphatic heterocycles. The van der Waals surface area contributed by atoms with Crippen LogP contribution in [0.1, 0.15) is 19.3 Å². The standard InChI is InChI=1S/C12H16INO/c13-10-3-1-4-12(9-10)14-11-5-2-7-15-8-6-11/h1,3-4,9,11,14H,2,5-8H2. The highest BCUT2D eigenvalue weighted by atomic mass is 127. The molecule has 0 spiro atoms. The third kappa shape index (κ3) is 3.65. The highest BCUT2D eigenvalue weighted by Gasteiger charge is 2.11. The molecule has 2 nitrogen and oxygen atoms in total. The predicted molar refractivity (Wildman–Crippen MR) is 71.2 cm³/mol. The van der Waals surface area contributed by atoms with Crippen LogP contribution in [0.25, 0.3) is 0 Å². The molecule has 0 radical (unpaired) electrons. The Morgan fingerprint density at radius 3 is 3.07 bits per heavy atom. The van der Waals surface area contributed by atoms with Crippen molar-refractivity contribution in [3.63, 3.8) is 0 Å². The van der Waals surface area contributed by atoms with E-state index in [1.54, 1.807) is 0 Å². The Balaban J connectivity index is 1.95. The van der Waals surface area contributed by atoms with Crippen molar-refractivity contribution in [2.24, 2.45) is 0 Å². The van der Waals surface area contributed by atoms with E-state index in [2.05, 4.69) is 52.2 Å². The van der Waals surface area contributed by atoms with Crippen LogP contribution in [-0.4, -0.2) is 19.3 Å². The second-order valence-electron chi connectivity index (χ2n) is 3.89. The summed E-state index contributed by atoms with van der Waals surface area (Å²) >= 11 is 2.34. The lowest BCUT2D eigenvalue weighted by molar-refractivity contribution is 0.144. The summed E-state index contributed by atoms with van der Waals surface area (Å²) in [5.41, 5.74) is 1.23. The second-order valence-corrected chi connectivity index (χ2v) is 5.14. The van der Waals surface area contributed by atoms with Crippen LogP contribution in [0.4, 0.5) is 5.69 Å². The molecule has 1 N–H and O–H groups in total. The van der Waals surface area contributed by atoms with Crippen molar-refractivity contribution in [1.82, 2.24) is 0 Å². The van der Waals surface area contributed by atoms with Gasteiger partial charge in [0.25, 0.3) is 0 Å². The Bertz CT molecular complexity index is 308. The van der Waals surface area contributed by atoms with Crippen LogP contribution in [0.3, 0.4) is 0 Å². The average Bonchev–Trinajstić information content (AvgIpc) is 2.46. The van der Waals surface area contributed by atoms with Gasteiger partial charge >= 0.3 is 0 Å². The van der Waals surface area contributed by atoms with E-state index in [4.69, 9.17) is 4.74 Å². The number of anilines is 1. The minimum absolute atomic E-state index is 0.575. The fourth-order valence-electron chi connectivity index (χ4n) is 1.86. The van der Waals surface area contributed by atoms with Crippen LogP contribution < -0.4 is 5.32 Å². The summed E-state index contributed by atoms with van der Waals surface area (Å²) < 4.78 is 6.72. The first kappa shape index (κ1) is 11.2. The maximum atomic E-state index is 5.44. The smallest absolute Gasteiger partial charge is 0.0485 e. The minimum Gasteiger partial charge on any atom is -0.382 e. The highest BCUT2D eigenvalue weighted by Crippen LogP contribution is 2.17. The monoisotopic (exact) mass is 317 g/mol. The molecule has 82 valence electrons. The molecule has 1 aromatic rings. The number of ether oxygens (including phenoxy) is 1. The molecule has 1 heterocycles. The van der Waals surface area contributed by atoms with Gasteiger partial charge in [-0.15, -0.1) is 0 Å². The summed E-state index contributed by atoms with van der Waals surface area (Å²) in [6.45, 7) is 1.81. The number of hydrogen-bond donors (Lipinski definition) is 1. The van der Waals surface area contributed by atoms with E-state index in [0.717, 1.165) is 19.6 Å². The molecule has 0 aromatic heterocycles. The maximum Gasteiger partial charge on any atom is 0.0485 e. The van der Waals surface area contributed by atoms with Crippen molar-refractivity contribution >= 4 is 28.3 Å². The molecule has 2 rings (SSSR count). The Morgan fingerprint density at radius 1 is 1.27 bits per heavy atom. The van der Waals surface area contributed by atoms with Gasteiger partial charge in [-0.2, -0.15) is 0 Å². The molecular weight excluding hydrogens is 301 g/mol. The first-order chi connectivity index (χ1) is 7.34. The minimum atomic E-state index is 0.575. The molecule has 15 heavy (non-hydrogen) atoms. The SMILES string of the molecule is Ic1cccc(NC2CCCOCC2)c1. The van der Waals surface area contributed by atoms with Crippen LogP contribution in [-0.2, 0) is 4.74 Å². The van der Waals surface area contributed by atoms with Crippen molar-refractivity contribution in [2.45, 2.75) is 25.3 Å². The summed E-state index contributed by atoms with van der Waals surface area (Å²) in [7, 11) is 0. The summed E-state index contributed by atoms with van der Waals surface area (Å²) in [5.74, 6) is 0. The fraction of sp³-hybridized carbons (Fsp3) is 0.500. The van der Waals surface area contributed by atoms with Gasteiger partial charge in [-0.3, -0.25) is 0 Å². The van der Waals surface area contributed by atoms with Gasteiger partial charge in [-0.1, -0.05) is 6.07 Å². The van der Waals surface area contributed by atoms with Crippen LogP contribution in [0, 0.1) is 3.57 Å². The molecule has 1 saturated heterocycles. The number of benzene rings is 1. The molecule has 0 saturated carbocycles. The van der Waals surface area contributed by atoms with Crippen LogP contribution in [0.15, 0.2) is 24.3 Å². The summed E-state index contributed by atoms with van der Waals surface area (Å²) in [5, 5.41) is 3.58. The van der Waals surface area contributed by atoms with E-state index in [1.807, 2.05) is 0 Å². The van der Waals surface area contributed by atoms with Gasteiger partial charge in [-0.25, -0.2) is 0 Å². The van der Waals surface area contributed by atoms with Gasteiger partial charge in [0.15, 0.2) is 0 Å². The molecular formula is C12H16INO. The quantitative estimate of drug-likeness (QED) is 0.845. The Morgan fingerprint density at radius 2 is 2.20 bits per heavy atom. The Labute approximate surface area is 105 Å². The number of rotatable bonds is 2. The molecule has 0 aliphatic carbocycles. The lowest BCUT2D eigenvalue weighted by Crippen LogP contribution is -2.19. The fourth-order valence-corrected chi connectivity index (χ4v) is 2.41. The van der Waals surface area contributed by atoms with Gasteiger partial charge in [0, 0.05) is 28.5 Å². The lowest BCUT2D eigenvalue weighted by atomic mass is 10.1. The van der Waals surface area contributed by atoms with Gasteiger partial charge < -0.3 is 10.1 Å². The van der Waals surface area contributed by atoms with Crippen molar-refractivity contribution in [3.05, 3.63) is 27.8 Å². The Hall–Kier alpha value is -0.290. The summed E-state index contributed by atoms with van der Waals surface area (Å²) in [6.07, 6.45) is 3.50. The normalized spacial score (nSPS) is 22.1. The highest BCUT2D eigenvalue weighted by molar-refractivity contribution is 14.1. The predicted octanol–water partition coefficient (Wildman–Crippen LogP) is 3.27. The molecule has 1 unspecified atom stereocenters. The Kier molecular flexibility index (Phi) is 4.26. The van der Waals surface area contributed by atoms with Crippen molar-refractivity contribution in [2.75, 3.05) is 18.5 Å². The molecule has 0 amide bonds. The molecule has 1 aromatic carbocycles. The second kappa shape index (κ2) is 5.70. The zero-order valence-corrected chi connectivity index (χ0v) is 10.9. The van der Waals surface area contributed by atoms with E-state index in [0.29, 0.717) is 6.04 Å². The molecule has 3 heteroatoms. The molecule has 0 bridgehead atoms. The van der Waals surface area contributed by atoms with E-state index >= 15 is 0 Å². The summed E-state index contributed by atoms with van der Waals surface area (Å²) in [6, 6.07) is 9.10. The summed E-state index contributed by atoms with van der Waals surface area (Å²) in [4.78, 5) is 0. The van der Waals surface area contributed by atoms with E-state index < -0.39 is 0 Å². The van der Waals surface area contributed by atoms with Crippen LogP contribution in [0.2, 0.25) is 0 Å². The zero-order valence-electron chi connectivity index (χ0n) is 8.71. The first-order valence-corrected chi connectivity index (χ1v) is 6.52. The number of hydrogen-bond acceptors (Lipinski definition) is 2. The number of nitrogens with one attached hydrogen (secondary N) is 1. The van der Waals surface area contributed by atoms with Crippen molar-refractivity contribution < 1.29 is 4.74 Å². The van der Waals surface area contributed by atoms with Crippen molar-refractivity contribution in [3.8, 4) is 0 Å². The lowest BCUT2D eigenvalue weighted by Gasteiger charge is -2.17. The molecule has 1 atom stereocenters. The molecule has 1 fully saturated rings. The van der Waals surface area contributed by atoms with Gasteiger partial charge in [0.2, 0.25) is 0 Å². The van der Waals surface area contributed by atoms with Gasteiger partial charge in [0.1, 0.15) is 0 Å². The molecule has 1 aliphatic rings. The zero-order chi connectivity index (χ0) is 10.5. The third-order valence-electron chi connectivity index (χ3n) is 2.65. The van der Waals surface area contributed by atoms with Crippen LogP contribution >= 0.6 is 22.6 Å². The van der Waals surface area contributed by atoms with E-state index in [1.165, 1.54) is 22.1 Å². The first-order valence-electron chi connectivity index (χ1n) is 5.44. The third-order valence-corrected chi connectivity index (χ3v) is 3.32. The van der Waals surface area contributed by atoms with E-state index in [-0.39, 0.29) is 0 Å². The van der Waals surface area contributed by atoms with Crippen LogP contribution in [0.5, 0.6) is 0 Å². The van der Waals surface area contributed by atoms with E-state index in [9.17, 15) is 0 Å². The van der Waals surface area contributed by atoms with Gasteiger partial charge in [0.05, 0.1) is 0 Å². The number of halogens is 1. The van der Waals surface area contributed by atoms with Gasteiger partial charge in [-0.05, 0) is 60.1 Å². The largest absolute Gasteiger partial charge is 0.382 e.